The average Bonchev–Trinajstić information content (AvgIpc) is 2.62. The smallest absolute Gasteiger partial charge is 0.250 e. The highest BCUT2D eigenvalue weighted by atomic mass is 16.2. The molecule has 3 amide bonds. The van der Waals surface area contributed by atoms with Crippen molar-refractivity contribution in [3.05, 3.63) is 42.5 Å². The molecule has 1 saturated heterocycles. The minimum atomic E-state index is -0.579. The van der Waals surface area contributed by atoms with Gasteiger partial charge in [-0.1, -0.05) is 18.2 Å². The molecule has 0 bridgehead atoms. The van der Waals surface area contributed by atoms with Gasteiger partial charge in [0.15, 0.2) is 0 Å². The second kappa shape index (κ2) is 9.69. The molecule has 140 valence electrons. The van der Waals surface area contributed by atoms with Gasteiger partial charge in [0.1, 0.15) is 0 Å². The molecule has 0 atom stereocenters. The SMILES string of the molecule is C=CCNC(=O)CN1CCN(CC(=O)Nc2ccccc2C(N)=O)CC1. The second-order valence-corrected chi connectivity index (χ2v) is 6.10. The van der Waals surface area contributed by atoms with Gasteiger partial charge in [-0.15, -0.1) is 6.58 Å². The Morgan fingerprint density at radius 3 is 2.19 bits per heavy atom. The van der Waals surface area contributed by atoms with Crippen LogP contribution in [0.2, 0.25) is 0 Å². The molecule has 0 aliphatic carbocycles. The maximum atomic E-state index is 12.2. The fourth-order valence-electron chi connectivity index (χ4n) is 2.75. The summed E-state index contributed by atoms with van der Waals surface area (Å²) < 4.78 is 0. The Hall–Kier alpha value is -2.71. The summed E-state index contributed by atoms with van der Waals surface area (Å²) >= 11 is 0. The Bertz CT molecular complexity index is 669. The highest BCUT2D eigenvalue weighted by molar-refractivity contribution is 6.03. The summed E-state index contributed by atoms with van der Waals surface area (Å²) in [5.41, 5.74) is 6.02. The molecule has 1 aromatic rings. The summed E-state index contributed by atoms with van der Waals surface area (Å²) in [4.78, 5) is 39.4. The number of hydrogen-bond acceptors (Lipinski definition) is 5. The molecule has 8 nitrogen and oxygen atoms in total. The van der Waals surface area contributed by atoms with E-state index in [4.69, 9.17) is 5.73 Å². The van der Waals surface area contributed by atoms with E-state index in [0.717, 1.165) is 0 Å². The number of carbonyl (C=O) groups is 3. The zero-order valence-corrected chi connectivity index (χ0v) is 14.7. The number of hydrogen-bond donors (Lipinski definition) is 3. The zero-order valence-electron chi connectivity index (χ0n) is 14.7. The molecular weight excluding hydrogens is 334 g/mol. The quantitative estimate of drug-likeness (QED) is 0.550. The number of primary amides is 1. The van der Waals surface area contributed by atoms with Crippen molar-refractivity contribution in [3.63, 3.8) is 0 Å². The van der Waals surface area contributed by atoms with Gasteiger partial charge in [-0.3, -0.25) is 24.2 Å². The molecule has 0 unspecified atom stereocenters. The molecule has 1 aliphatic rings. The van der Waals surface area contributed by atoms with Gasteiger partial charge in [-0.05, 0) is 12.1 Å². The van der Waals surface area contributed by atoms with E-state index in [9.17, 15) is 14.4 Å². The maximum absolute atomic E-state index is 12.2. The van der Waals surface area contributed by atoms with E-state index in [0.29, 0.717) is 45.0 Å². The van der Waals surface area contributed by atoms with Crippen molar-refractivity contribution >= 4 is 23.4 Å². The first kappa shape index (κ1) is 19.6. The third kappa shape index (κ3) is 5.98. The van der Waals surface area contributed by atoms with Crippen LogP contribution >= 0.6 is 0 Å². The summed E-state index contributed by atoms with van der Waals surface area (Å²) in [5, 5.41) is 5.49. The van der Waals surface area contributed by atoms with E-state index >= 15 is 0 Å². The lowest BCUT2D eigenvalue weighted by molar-refractivity contribution is -0.123. The topological polar surface area (TPSA) is 108 Å². The lowest BCUT2D eigenvalue weighted by Gasteiger charge is -2.33. The number of amides is 3. The van der Waals surface area contributed by atoms with E-state index in [2.05, 4.69) is 22.1 Å². The third-order valence-corrected chi connectivity index (χ3v) is 4.11. The fourth-order valence-corrected chi connectivity index (χ4v) is 2.75. The fraction of sp³-hybridized carbons (Fsp3) is 0.389. The van der Waals surface area contributed by atoms with Crippen molar-refractivity contribution in [2.45, 2.75) is 0 Å². The molecule has 1 aromatic carbocycles. The Morgan fingerprint density at radius 1 is 1.04 bits per heavy atom. The number of anilines is 1. The van der Waals surface area contributed by atoms with Crippen molar-refractivity contribution < 1.29 is 14.4 Å². The Morgan fingerprint density at radius 2 is 1.62 bits per heavy atom. The molecule has 4 N–H and O–H groups in total. The molecule has 1 fully saturated rings. The Kier molecular flexibility index (Phi) is 7.31. The van der Waals surface area contributed by atoms with Crippen molar-refractivity contribution in [2.75, 3.05) is 51.1 Å². The maximum Gasteiger partial charge on any atom is 0.250 e. The summed E-state index contributed by atoms with van der Waals surface area (Å²) in [6.07, 6.45) is 1.64. The van der Waals surface area contributed by atoms with Gasteiger partial charge < -0.3 is 16.4 Å². The van der Waals surface area contributed by atoms with Crippen LogP contribution in [0, 0.1) is 0 Å². The van der Waals surface area contributed by atoms with Crippen LogP contribution < -0.4 is 16.4 Å². The monoisotopic (exact) mass is 359 g/mol. The van der Waals surface area contributed by atoms with Crippen LogP contribution in [-0.2, 0) is 9.59 Å². The van der Waals surface area contributed by atoms with Crippen molar-refractivity contribution in [1.29, 1.82) is 0 Å². The molecule has 26 heavy (non-hydrogen) atoms. The summed E-state index contributed by atoms with van der Waals surface area (Å²) in [6, 6.07) is 6.66. The molecule has 1 heterocycles. The third-order valence-electron chi connectivity index (χ3n) is 4.11. The average molecular weight is 359 g/mol. The van der Waals surface area contributed by atoms with Crippen LogP contribution in [0.3, 0.4) is 0 Å². The predicted octanol–water partition coefficient (Wildman–Crippen LogP) is -0.356. The first-order valence-electron chi connectivity index (χ1n) is 8.50. The first-order chi connectivity index (χ1) is 12.5. The standard InChI is InChI=1S/C18H25N5O3/c1-2-7-20-16(24)12-22-8-10-23(11-9-22)13-17(25)21-15-6-4-3-5-14(15)18(19)26/h2-6H,1,7-13H2,(H2,19,26)(H,20,24)(H,21,25). The first-order valence-corrected chi connectivity index (χ1v) is 8.50. The number of nitrogens with zero attached hydrogens (tertiary/aromatic N) is 2. The molecule has 0 saturated carbocycles. The van der Waals surface area contributed by atoms with E-state index in [1.54, 1.807) is 30.3 Å². The number of benzene rings is 1. The Balaban J connectivity index is 1.77. The van der Waals surface area contributed by atoms with Crippen molar-refractivity contribution in [3.8, 4) is 0 Å². The zero-order chi connectivity index (χ0) is 18.9. The van der Waals surface area contributed by atoms with Gasteiger partial charge in [0.2, 0.25) is 11.8 Å². The van der Waals surface area contributed by atoms with Gasteiger partial charge >= 0.3 is 0 Å². The van der Waals surface area contributed by atoms with Crippen LogP contribution in [0.4, 0.5) is 5.69 Å². The van der Waals surface area contributed by atoms with Crippen molar-refractivity contribution in [2.24, 2.45) is 5.73 Å². The number of nitrogens with one attached hydrogen (secondary N) is 2. The molecule has 8 heteroatoms. The molecule has 1 aliphatic heterocycles. The van der Waals surface area contributed by atoms with Crippen LogP contribution in [-0.4, -0.2) is 73.3 Å². The molecule has 0 radical (unpaired) electrons. The highest BCUT2D eigenvalue weighted by Crippen LogP contribution is 2.14. The van der Waals surface area contributed by atoms with E-state index in [1.165, 1.54) is 0 Å². The van der Waals surface area contributed by atoms with E-state index in [-0.39, 0.29) is 23.9 Å². The number of rotatable bonds is 8. The summed E-state index contributed by atoms with van der Waals surface area (Å²) in [7, 11) is 0. The molecule has 0 aromatic heterocycles. The van der Waals surface area contributed by atoms with Gasteiger partial charge in [0.25, 0.3) is 5.91 Å². The summed E-state index contributed by atoms with van der Waals surface area (Å²) in [6.45, 7) is 7.42. The number of nitrogens with two attached hydrogens (primary N) is 1. The number of para-hydroxylation sites is 1. The summed E-state index contributed by atoms with van der Waals surface area (Å²) in [5.74, 6) is -0.806. The lowest BCUT2D eigenvalue weighted by atomic mass is 10.1. The highest BCUT2D eigenvalue weighted by Gasteiger charge is 2.21. The van der Waals surface area contributed by atoms with Gasteiger partial charge in [0, 0.05) is 32.7 Å². The van der Waals surface area contributed by atoms with E-state index < -0.39 is 5.91 Å². The minimum Gasteiger partial charge on any atom is -0.366 e. The normalized spacial score (nSPS) is 15.2. The van der Waals surface area contributed by atoms with Crippen LogP contribution in [0.15, 0.2) is 36.9 Å². The molecular formula is C18H25N5O3. The second-order valence-electron chi connectivity index (χ2n) is 6.10. The molecule has 0 spiro atoms. The lowest BCUT2D eigenvalue weighted by Crippen LogP contribution is -2.51. The predicted molar refractivity (Wildman–Crippen MR) is 99.7 cm³/mol. The van der Waals surface area contributed by atoms with E-state index in [1.807, 2.05) is 4.90 Å². The van der Waals surface area contributed by atoms with Crippen LogP contribution in [0.25, 0.3) is 0 Å². The van der Waals surface area contributed by atoms with Crippen LogP contribution in [0.5, 0.6) is 0 Å². The van der Waals surface area contributed by atoms with Crippen molar-refractivity contribution in [1.82, 2.24) is 15.1 Å². The largest absolute Gasteiger partial charge is 0.366 e. The minimum absolute atomic E-state index is 0.0286. The Labute approximate surface area is 153 Å². The van der Waals surface area contributed by atoms with Gasteiger partial charge in [0.05, 0.1) is 24.3 Å². The van der Waals surface area contributed by atoms with Gasteiger partial charge in [-0.25, -0.2) is 0 Å². The van der Waals surface area contributed by atoms with Crippen LogP contribution in [0.1, 0.15) is 10.4 Å². The number of piperazine rings is 1. The number of carbonyl (C=O) groups excluding carboxylic acids is 3. The molecule has 2 rings (SSSR count). The van der Waals surface area contributed by atoms with Gasteiger partial charge in [-0.2, -0.15) is 0 Å².